The summed E-state index contributed by atoms with van der Waals surface area (Å²) in [5, 5.41) is 0.277. The summed E-state index contributed by atoms with van der Waals surface area (Å²) in [6.07, 6.45) is 1.65. The van der Waals surface area contributed by atoms with Crippen LogP contribution in [0.1, 0.15) is 16.7 Å². The third-order valence-corrected chi connectivity index (χ3v) is 6.35. The van der Waals surface area contributed by atoms with Gasteiger partial charge in [-0.1, -0.05) is 51.8 Å². The number of amides is 2. The van der Waals surface area contributed by atoms with Gasteiger partial charge in [-0.25, -0.2) is 4.39 Å². The molecule has 2 amide bonds. The maximum atomic E-state index is 13.1. The molecule has 0 aliphatic carbocycles. The zero-order valence-electron chi connectivity index (χ0n) is 16.6. The fourth-order valence-corrected chi connectivity index (χ4v) is 4.39. The highest BCUT2D eigenvalue weighted by atomic mass is 79.9. The van der Waals surface area contributed by atoms with E-state index in [-0.39, 0.29) is 17.6 Å². The van der Waals surface area contributed by atoms with Crippen LogP contribution in [0.3, 0.4) is 0 Å². The van der Waals surface area contributed by atoms with Crippen molar-refractivity contribution < 1.29 is 18.7 Å². The molecule has 4 rings (SSSR count). The van der Waals surface area contributed by atoms with Gasteiger partial charge in [0.15, 0.2) is 0 Å². The molecule has 4 nitrogen and oxygen atoms in total. The highest BCUT2D eigenvalue weighted by Crippen LogP contribution is 2.36. The standard InChI is InChI=1S/C24H16BrClFNO3S/c25-18-5-10-21(31-14-16-1-6-19(26)7-2-16)17(11-18)12-22-23(29)28(24(30)32-22)13-15-3-8-20(27)9-4-15/h1-12H,13-14H2. The molecule has 1 heterocycles. The molecular formula is C24H16BrClFNO3S. The van der Waals surface area contributed by atoms with Gasteiger partial charge in [-0.05, 0) is 71.4 Å². The molecule has 1 aliphatic heterocycles. The number of halogens is 3. The Bertz CT molecular complexity index is 1200. The summed E-state index contributed by atoms with van der Waals surface area (Å²) in [5.41, 5.74) is 2.29. The van der Waals surface area contributed by atoms with Crippen LogP contribution in [0.2, 0.25) is 5.02 Å². The third kappa shape index (κ3) is 5.41. The third-order valence-electron chi connectivity index (χ3n) is 4.69. The van der Waals surface area contributed by atoms with Crippen LogP contribution >= 0.6 is 39.3 Å². The van der Waals surface area contributed by atoms with Crippen molar-refractivity contribution in [2.45, 2.75) is 13.2 Å². The van der Waals surface area contributed by atoms with Crippen molar-refractivity contribution in [3.05, 3.63) is 104 Å². The summed E-state index contributed by atoms with van der Waals surface area (Å²) >= 11 is 10.2. The molecule has 3 aromatic rings. The Morgan fingerprint density at radius 3 is 2.41 bits per heavy atom. The van der Waals surface area contributed by atoms with Gasteiger partial charge in [0, 0.05) is 15.1 Å². The van der Waals surface area contributed by atoms with Crippen LogP contribution in [0.15, 0.2) is 76.1 Å². The number of benzene rings is 3. The maximum absolute atomic E-state index is 13.1. The largest absolute Gasteiger partial charge is 0.488 e. The summed E-state index contributed by atoms with van der Waals surface area (Å²) < 4.78 is 19.9. The van der Waals surface area contributed by atoms with E-state index >= 15 is 0 Å². The number of carbonyl (C=O) groups excluding carboxylic acids is 2. The van der Waals surface area contributed by atoms with Gasteiger partial charge < -0.3 is 4.74 Å². The number of hydrogen-bond donors (Lipinski definition) is 0. The molecule has 0 radical (unpaired) electrons. The van der Waals surface area contributed by atoms with Crippen LogP contribution in [0.25, 0.3) is 6.08 Å². The second-order valence-corrected chi connectivity index (χ2v) is 9.34. The first-order valence-electron chi connectivity index (χ1n) is 9.55. The number of rotatable bonds is 6. The highest BCUT2D eigenvalue weighted by molar-refractivity contribution is 9.10. The van der Waals surface area contributed by atoms with Crippen LogP contribution in [0.5, 0.6) is 5.75 Å². The predicted molar refractivity (Wildman–Crippen MR) is 128 cm³/mol. The molecule has 162 valence electrons. The molecule has 0 unspecified atom stereocenters. The number of imide groups is 1. The quantitative estimate of drug-likeness (QED) is 0.319. The number of hydrogen-bond acceptors (Lipinski definition) is 4. The van der Waals surface area contributed by atoms with E-state index in [4.69, 9.17) is 16.3 Å². The lowest BCUT2D eigenvalue weighted by Gasteiger charge is -2.12. The van der Waals surface area contributed by atoms with Crippen LogP contribution in [0.4, 0.5) is 9.18 Å². The van der Waals surface area contributed by atoms with E-state index in [0.29, 0.717) is 33.4 Å². The summed E-state index contributed by atoms with van der Waals surface area (Å²) in [6.45, 7) is 0.409. The van der Waals surface area contributed by atoms with Crippen molar-refractivity contribution in [2.75, 3.05) is 0 Å². The fourth-order valence-electron chi connectivity index (χ4n) is 3.06. The lowest BCUT2D eigenvalue weighted by molar-refractivity contribution is -0.123. The van der Waals surface area contributed by atoms with E-state index in [0.717, 1.165) is 26.7 Å². The molecule has 8 heteroatoms. The minimum absolute atomic E-state index is 0.0840. The number of nitrogens with zero attached hydrogens (tertiary/aromatic N) is 1. The smallest absolute Gasteiger partial charge is 0.293 e. The van der Waals surface area contributed by atoms with Crippen molar-refractivity contribution in [3.8, 4) is 5.75 Å². The van der Waals surface area contributed by atoms with Gasteiger partial charge in [0.25, 0.3) is 11.1 Å². The second kappa shape index (κ2) is 9.90. The van der Waals surface area contributed by atoms with E-state index in [1.807, 2.05) is 24.3 Å². The first-order chi connectivity index (χ1) is 15.4. The molecule has 0 saturated carbocycles. The number of thioether (sulfide) groups is 1. The molecule has 0 N–H and O–H groups in total. The molecule has 1 fully saturated rings. The van der Waals surface area contributed by atoms with Gasteiger partial charge in [0.2, 0.25) is 0 Å². The van der Waals surface area contributed by atoms with Gasteiger partial charge in [-0.3, -0.25) is 14.5 Å². The van der Waals surface area contributed by atoms with E-state index in [9.17, 15) is 14.0 Å². The number of carbonyl (C=O) groups is 2. The lowest BCUT2D eigenvalue weighted by Crippen LogP contribution is -2.27. The number of ether oxygens (including phenoxy) is 1. The van der Waals surface area contributed by atoms with Gasteiger partial charge in [-0.2, -0.15) is 0 Å². The lowest BCUT2D eigenvalue weighted by atomic mass is 10.1. The van der Waals surface area contributed by atoms with E-state index in [1.54, 1.807) is 36.4 Å². The topological polar surface area (TPSA) is 46.6 Å². The Hall–Kier alpha value is -2.61. The van der Waals surface area contributed by atoms with Gasteiger partial charge in [0.05, 0.1) is 11.4 Å². The Balaban J connectivity index is 1.54. The normalized spacial score (nSPS) is 15.0. The van der Waals surface area contributed by atoms with Crippen molar-refractivity contribution in [2.24, 2.45) is 0 Å². The van der Waals surface area contributed by atoms with Crippen molar-refractivity contribution >= 4 is 56.5 Å². The second-order valence-electron chi connectivity index (χ2n) is 6.99. The summed E-state index contributed by atoms with van der Waals surface area (Å²) in [6, 6.07) is 18.5. The summed E-state index contributed by atoms with van der Waals surface area (Å²) in [7, 11) is 0. The molecule has 1 saturated heterocycles. The molecule has 0 bridgehead atoms. The Morgan fingerprint density at radius 2 is 1.69 bits per heavy atom. The van der Waals surface area contributed by atoms with Crippen LogP contribution in [0, 0.1) is 5.82 Å². The first-order valence-corrected chi connectivity index (χ1v) is 11.5. The van der Waals surface area contributed by atoms with Crippen molar-refractivity contribution in [1.29, 1.82) is 0 Å². The molecule has 3 aromatic carbocycles. The van der Waals surface area contributed by atoms with Gasteiger partial charge in [0.1, 0.15) is 18.2 Å². The Kier molecular flexibility index (Phi) is 6.98. The molecule has 0 aromatic heterocycles. The molecule has 1 aliphatic rings. The predicted octanol–water partition coefficient (Wildman–Crippen LogP) is 7.06. The SMILES string of the molecule is O=C1SC(=Cc2cc(Br)ccc2OCc2ccc(Cl)cc2)C(=O)N1Cc1ccc(F)cc1. The zero-order chi connectivity index (χ0) is 22.7. The van der Waals surface area contributed by atoms with Crippen LogP contribution < -0.4 is 4.74 Å². The monoisotopic (exact) mass is 531 g/mol. The van der Waals surface area contributed by atoms with E-state index in [1.165, 1.54) is 12.1 Å². The van der Waals surface area contributed by atoms with E-state index in [2.05, 4.69) is 15.9 Å². The van der Waals surface area contributed by atoms with Crippen LogP contribution in [-0.2, 0) is 17.9 Å². The molecule has 32 heavy (non-hydrogen) atoms. The van der Waals surface area contributed by atoms with Crippen molar-refractivity contribution in [3.63, 3.8) is 0 Å². The molecule has 0 spiro atoms. The maximum Gasteiger partial charge on any atom is 0.293 e. The summed E-state index contributed by atoms with van der Waals surface area (Å²) in [4.78, 5) is 26.8. The minimum Gasteiger partial charge on any atom is -0.488 e. The van der Waals surface area contributed by atoms with E-state index < -0.39 is 5.91 Å². The Labute approximate surface area is 202 Å². The van der Waals surface area contributed by atoms with Crippen LogP contribution in [-0.4, -0.2) is 16.0 Å². The first kappa shape index (κ1) is 22.6. The van der Waals surface area contributed by atoms with Gasteiger partial charge >= 0.3 is 0 Å². The highest BCUT2D eigenvalue weighted by Gasteiger charge is 2.35. The average Bonchev–Trinajstić information content (AvgIpc) is 3.03. The Morgan fingerprint density at radius 1 is 1.00 bits per heavy atom. The minimum atomic E-state index is -0.395. The van der Waals surface area contributed by atoms with Gasteiger partial charge in [-0.15, -0.1) is 0 Å². The zero-order valence-corrected chi connectivity index (χ0v) is 19.7. The summed E-state index contributed by atoms with van der Waals surface area (Å²) in [5.74, 6) is -0.190. The molecule has 0 atom stereocenters. The molecular weight excluding hydrogens is 517 g/mol. The average molecular weight is 533 g/mol. The van der Waals surface area contributed by atoms with Crippen molar-refractivity contribution in [1.82, 2.24) is 4.90 Å². The fraction of sp³-hybridized carbons (Fsp3) is 0.0833.